The molecule has 2 rings (SSSR count). The lowest BCUT2D eigenvalue weighted by atomic mass is 10.2. The Kier molecular flexibility index (Phi) is 8.15. The minimum atomic E-state index is -0.811. The molecule has 2 aromatic carbocycles. The summed E-state index contributed by atoms with van der Waals surface area (Å²) in [4.78, 5) is 23.5. The summed E-state index contributed by atoms with van der Waals surface area (Å²) < 4.78 is 15.4. The van der Waals surface area contributed by atoms with Crippen molar-refractivity contribution in [2.45, 2.75) is 25.7 Å². The molecular formula is C20H23NO5. The van der Waals surface area contributed by atoms with Crippen LogP contribution in [0, 0.1) is 0 Å². The second kappa shape index (κ2) is 10.9. The molecule has 0 bridgehead atoms. The molecule has 0 spiro atoms. The maximum atomic E-state index is 12.0. The minimum Gasteiger partial charge on any atom is -0.469 e. The molecule has 1 amide bonds. The van der Waals surface area contributed by atoms with Crippen LogP contribution in [0.25, 0.3) is 0 Å². The normalized spacial score (nSPS) is 11.4. The van der Waals surface area contributed by atoms with Crippen LogP contribution < -0.4 is 5.32 Å². The van der Waals surface area contributed by atoms with Crippen molar-refractivity contribution in [2.75, 3.05) is 13.7 Å². The second-order valence-electron chi connectivity index (χ2n) is 5.58. The van der Waals surface area contributed by atoms with Gasteiger partial charge in [0.1, 0.15) is 12.8 Å². The van der Waals surface area contributed by atoms with Crippen LogP contribution in [0.4, 0.5) is 4.79 Å². The van der Waals surface area contributed by atoms with Crippen molar-refractivity contribution < 1.29 is 23.8 Å². The van der Waals surface area contributed by atoms with Gasteiger partial charge in [0.05, 0.1) is 20.1 Å². The molecule has 0 aromatic heterocycles. The van der Waals surface area contributed by atoms with Crippen molar-refractivity contribution >= 4 is 12.1 Å². The molecule has 0 radical (unpaired) electrons. The van der Waals surface area contributed by atoms with Gasteiger partial charge in [0.15, 0.2) is 0 Å². The molecule has 26 heavy (non-hydrogen) atoms. The van der Waals surface area contributed by atoms with Gasteiger partial charge in [-0.1, -0.05) is 60.7 Å². The summed E-state index contributed by atoms with van der Waals surface area (Å²) >= 11 is 0. The summed E-state index contributed by atoms with van der Waals surface area (Å²) in [5.41, 5.74) is 1.98. The van der Waals surface area contributed by atoms with Crippen LogP contribution in [0.15, 0.2) is 60.7 Å². The number of esters is 1. The van der Waals surface area contributed by atoms with Crippen LogP contribution in [-0.2, 0) is 32.0 Å². The molecule has 6 nitrogen and oxygen atoms in total. The maximum Gasteiger partial charge on any atom is 0.409 e. The van der Waals surface area contributed by atoms with E-state index in [4.69, 9.17) is 9.47 Å². The Morgan fingerprint density at radius 2 is 1.58 bits per heavy atom. The first-order chi connectivity index (χ1) is 12.7. The molecule has 0 saturated carbocycles. The number of alkyl carbamates (subject to hydrolysis) is 1. The van der Waals surface area contributed by atoms with E-state index in [9.17, 15) is 9.59 Å². The van der Waals surface area contributed by atoms with Gasteiger partial charge in [-0.05, 0) is 17.5 Å². The van der Waals surface area contributed by atoms with Gasteiger partial charge in [-0.25, -0.2) is 4.79 Å². The standard InChI is InChI=1S/C20H23NO5/c1-24-19(22)14-18(25-13-12-16-8-4-2-5-9-16)21-20(23)26-15-17-10-6-3-7-11-17/h2-11,18H,12-15H2,1H3,(H,21,23). The summed E-state index contributed by atoms with van der Waals surface area (Å²) in [6.45, 7) is 0.492. The van der Waals surface area contributed by atoms with Crippen molar-refractivity contribution in [1.29, 1.82) is 0 Å². The highest BCUT2D eigenvalue weighted by Gasteiger charge is 2.18. The Morgan fingerprint density at radius 3 is 2.19 bits per heavy atom. The third kappa shape index (κ3) is 7.36. The lowest BCUT2D eigenvalue weighted by molar-refractivity contribution is -0.144. The molecular weight excluding hydrogens is 334 g/mol. The molecule has 0 heterocycles. The van der Waals surface area contributed by atoms with E-state index in [0.29, 0.717) is 13.0 Å². The van der Waals surface area contributed by atoms with Crippen LogP contribution in [-0.4, -0.2) is 32.0 Å². The molecule has 1 N–H and O–H groups in total. The van der Waals surface area contributed by atoms with Crippen molar-refractivity contribution in [3.8, 4) is 0 Å². The van der Waals surface area contributed by atoms with Gasteiger partial charge in [-0.2, -0.15) is 0 Å². The molecule has 0 aliphatic rings. The first-order valence-electron chi connectivity index (χ1n) is 8.37. The van der Waals surface area contributed by atoms with Gasteiger partial charge in [0, 0.05) is 0 Å². The summed E-state index contributed by atoms with van der Waals surface area (Å²) in [6.07, 6.45) is -0.887. The Bertz CT molecular complexity index is 675. The van der Waals surface area contributed by atoms with Crippen LogP contribution in [0.3, 0.4) is 0 Å². The third-order valence-corrected chi connectivity index (χ3v) is 3.62. The van der Waals surface area contributed by atoms with Crippen LogP contribution in [0.2, 0.25) is 0 Å². The highest BCUT2D eigenvalue weighted by Crippen LogP contribution is 2.05. The highest BCUT2D eigenvalue weighted by atomic mass is 16.6. The number of rotatable bonds is 9. The molecule has 138 valence electrons. The van der Waals surface area contributed by atoms with E-state index in [2.05, 4.69) is 10.1 Å². The Labute approximate surface area is 153 Å². The van der Waals surface area contributed by atoms with E-state index in [0.717, 1.165) is 11.1 Å². The fraction of sp³-hybridized carbons (Fsp3) is 0.300. The zero-order valence-electron chi connectivity index (χ0n) is 14.7. The summed E-state index contributed by atoms with van der Waals surface area (Å²) in [7, 11) is 1.29. The molecule has 0 saturated heterocycles. The number of carbonyl (C=O) groups excluding carboxylic acids is 2. The summed E-state index contributed by atoms with van der Waals surface area (Å²) in [5, 5.41) is 2.55. The SMILES string of the molecule is COC(=O)CC(NC(=O)OCc1ccccc1)OCCc1ccccc1. The van der Waals surface area contributed by atoms with E-state index in [1.54, 1.807) is 0 Å². The van der Waals surface area contributed by atoms with Gasteiger partial charge in [0.25, 0.3) is 0 Å². The van der Waals surface area contributed by atoms with Crippen LogP contribution in [0.5, 0.6) is 0 Å². The molecule has 6 heteroatoms. The third-order valence-electron chi connectivity index (χ3n) is 3.62. The van der Waals surface area contributed by atoms with Gasteiger partial charge in [0.2, 0.25) is 0 Å². The van der Waals surface area contributed by atoms with Gasteiger partial charge >= 0.3 is 12.1 Å². The zero-order chi connectivity index (χ0) is 18.6. The Morgan fingerprint density at radius 1 is 0.962 bits per heavy atom. The number of methoxy groups -OCH3 is 1. The number of hydrogen-bond donors (Lipinski definition) is 1. The number of hydrogen-bond acceptors (Lipinski definition) is 5. The highest BCUT2D eigenvalue weighted by molar-refractivity contribution is 5.72. The van der Waals surface area contributed by atoms with Gasteiger partial charge in [-0.3, -0.25) is 10.1 Å². The van der Waals surface area contributed by atoms with Crippen LogP contribution >= 0.6 is 0 Å². The quantitative estimate of drug-likeness (QED) is 0.551. The smallest absolute Gasteiger partial charge is 0.409 e. The predicted molar refractivity (Wildman–Crippen MR) is 96.3 cm³/mol. The largest absolute Gasteiger partial charge is 0.469 e. The number of benzene rings is 2. The molecule has 1 unspecified atom stereocenters. The van der Waals surface area contributed by atoms with E-state index in [1.165, 1.54) is 7.11 Å². The molecule has 0 aliphatic heterocycles. The minimum absolute atomic E-state index is 0.0915. The first-order valence-corrected chi connectivity index (χ1v) is 8.37. The number of ether oxygens (including phenoxy) is 3. The fourth-order valence-corrected chi connectivity index (χ4v) is 2.25. The van der Waals surface area contributed by atoms with E-state index in [-0.39, 0.29) is 13.0 Å². The first kappa shape index (κ1) is 19.5. The lowest BCUT2D eigenvalue weighted by Crippen LogP contribution is -2.39. The topological polar surface area (TPSA) is 73.9 Å². The molecule has 1 atom stereocenters. The molecule has 2 aromatic rings. The van der Waals surface area contributed by atoms with Crippen molar-refractivity contribution in [3.05, 3.63) is 71.8 Å². The Balaban J connectivity index is 1.80. The van der Waals surface area contributed by atoms with Crippen LogP contribution in [0.1, 0.15) is 17.5 Å². The van der Waals surface area contributed by atoms with Gasteiger partial charge in [-0.15, -0.1) is 0 Å². The summed E-state index contributed by atoms with van der Waals surface area (Å²) in [6, 6.07) is 19.1. The predicted octanol–water partition coefficient (Wildman–Crippen LogP) is 3.06. The summed E-state index contributed by atoms with van der Waals surface area (Å²) in [5.74, 6) is -0.474. The second-order valence-corrected chi connectivity index (χ2v) is 5.58. The maximum absolute atomic E-state index is 12.0. The van der Waals surface area contributed by atoms with E-state index in [1.807, 2.05) is 60.7 Å². The number of amides is 1. The fourth-order valence-electron chi connectivity index (χ4n) is 2.25. The van der Waals surface area contributed by atoms with Crippen molar-refractivity contribution in [3.63, 3.8) is 0 Å². The van der Waals surface area contributed by atoms with Crippen molar-refractivity contribution in [2.24, 2.45) is 0 Å². The zero-order valence-corrected chi connectivity index (χ0v) is 14.7. The van der Waals surface area contributed by atoms with Crippen molar-refractivity contribution in [1.82, 2.24) is 5.32 Å². The molecule has 0 fully saturated rings. The van der Waals surface area contributed by atoms with Gasteiger partial charge < -0.3 is 14.2 Å². The Hall–Kier alpha value is -2.86. The average molecular weight is 357 g/mol. The molecule has 0 aliphatic carbocycles. The lowest BCUT2D eigenvalue weighted by Gasteiger charge is -2.18. The number of carbonyl (C=O) groups is 2. The average Bonchev–Trinajstić information content (AvgIpc) is 2.68. The van der Waals surface area contributed by atoms with E-state index < -0.39 is 18.3 Å². The van der Waals surface area contributed by atoms with E-state index >= 15 is 0 Å². The number of nitrogens with one attached hydrogen (secondary N) is 1. The monoisotopic (exact) mass is 357 g/mol.